The van der Waals surface area contributed by atoms with Crippen molar-refractivity contribution in [2.45, 2.75) is 64.8 Å². The highest BCUT2D eigenvalue weighted by molar-refractivity contribution is 6.02. The van der Waals surface area contributed by atoms with Gasteiger partial charge in [0.15, 0.2) is 5.78 Å². The first-order valence-corrected chi connectivity index (χ1v) is 12.5. The molecule has 2 aliphatic heterocycles. The summed E-state index contributed by atoms with van der Waals surface area (Å²) in [6.07, 6.45) is 12.9. The van der Waals surface area contributed by atoms with Crippen molar-refractivity contribution < 1.29 is 9.59 Å². The molecule has 0 radical (unpaired) electrons. The van der Waals surface area contributed by atoms with Gasteiger partial charge in [0.05, 0.1) is 0 Å². The predicted molar refractivity (Wildman–Crippen MR) is 135 cm³/mol. The number of allylic oxidation sites excluding steroid dienone is 5. The van der Waals surface area contributed by atoms with Crippen molar-refractivity contribution in [3.05, 3.63) is 64.3 Å². The molecule has 33 heavy (non-hydrogen) atoms. The first-order valence-electron chi connectivity index (χ1n) is 12.5. The Morgan fingerprint density at radius 2 is 1.94 bits per heavy atom. The smallest absolute Gasteiger partial charge is 0.251 e. The minimum atomic E-state index is -0.0909. The van der Waals surface area contributed by atoms with Crippen LogP contribution in [0.25, 0.3) is 0 Å². The summed E-state index contributed by atoms with van der Waals surface area (Å²) in [6.45, 7) is 7.52. The molecule has 1 fully saturated rings. The SMILES string of the molecule is CCN(c1cccc2c1C/C=C/CCCC1=C(CNC2=O)C(=O)CC(C)=C1)C1CCNCC1. The van der Waals surface area contributed by atoms with Crippen LogP contribution in [0.5, 0.6) is 0 Å². The molecule has 4 rings (SSSR count). The maximum atomic E-state index is 13.4. The van der Waals surface area contributed by atoms with Gasteiger partial charge in [-0.15, -0.1) is 0 Å². The third kappa shape index (κ3) is 5.47. The van der Waals surface area contributed by atoms with Gasteiger partial charge in [-0.2, -0.15) is 0 Å². The average Bonchev–Trinajstić information content (AvgIpc) is 2.83. The zero-order valence-corrected chi connectivity index (χ0v) is 20.1. The number of amides is 1. The largest absolute Gasteiger partial charge is 0.368 e. The molecule has 0 bridgehead atoms. The number of piperidine rings is 1. The van der Waals surface area contributed by atoms with E-state index in [2.05, 4.69) is 46.8 Å². The van der Waals surface area contributed by atoms with Gasteiger partial charge in [-0.25, -0.2) is 0 Å². The summed E-state index contributed by atoms with van der Waals surface area (Å²) in [5, 5.41) is 6.54. The number of carbonyl (C=O) groups is 2. The molecule has 176 valence electrons. The third-order valence-corrected chi connectivity index (χ3v) is 7.11. The molecule has 3 aliphatic rings. The number of anilines is 1. The van der Waals surface area contributed by atoms with E-state index in [1.165, 1.54) is 5.69 Å². The Morgan fingerprint density at radius 3 is 2.73 bits per heavy atom. The fraction of sp³-hybridized carbons (Fsp3) is 0.500. The molecule has 1 saturated heterocycles. The fourth-order valence-corrected chi connectivity index (χ4v) is 5.42. The number of ketones is 1. The lowest BCUT2D eigenvalue weighted by Crippen LogP contribution is -2.43. The monoisotopic (exact) mass is 447 g/mol. The Morgan fingerprint density at radius 1 is 1.12 bits per heavy atom. The molecule has 0 atom stereocenters. The standard InChI is InChI=1S/C28H37N3O2/c1-3-31(22-13-15-29-16-14-22)26-12-8-11-24-23(26)10-7-5-4-6-9-21-17-20(2)18-27(32)25(21)19-30-28(24)33/h5,7-8,11-12,17,22,29H,3-4,6,9-10,13-16,18-19H2,1-2H3,(H,30,33)/b7-5+. The number of Topliss-reactive ketones (excluding diaryl/α,β-unsaturated/α-hetero) is 1. The van der Waals surface area contributed by atoms with Crippen LogP contribution in [0.15, 0.2) is 53.1 Å². The van der Waals surface area contributed by atoms with E-state index in [-0.39, 0.29) is 11.7 Å². The number of fused-ring (bicyclic) bond motifs is 1. The summed E-state index contributed by atoms with van der Waals surface area (Å²) < 4.78 is 0. The van der Waals surface area contributed by atoms with Crippen molar-refractivity contribution >= 4 is 17.4 Å². The first kappa shape index (κ1) is 23.5. The highest BCUT2D eigenvalue weighted by Gasteiger charge is 2.25. The van der Waals surface area contributed by atoms with E-state index < -0.39 is 0 Å². The van der Waals surface area contributed by atoms with Crippen LogP contribution in [0.2, 0.25) is 0 Å². The van der Waals surface area contributed by atoms with Gasteiger partial charge in [-0.1, -0.05) is 29.9 Å². The number of benzene rings is 1. The molecule has 2 N–H and O–H groups in total. The minimum absolute atomic E-state index is 0.0909. The first-order chi connectivity index (χ1) is 16.1. The van der Waals surface area contributed by atoms with Gasteiger partial charge in [0.2, 0.25) is 0 Å². The van der Waals surface area contributed by atoms with Gasteiger partial charge < -0.3 is 15.5 Å². The topological polar surface area (TPSA) is 61.4 Å². The summed E-state index contributed by atoms with van der Waals surface area (Å²) in [4.78, 5) is 28.6. The second-order valence-electron chi connectivity index (χ2n) is 9.42. The van der Waals surface area contributed by atoms with Crippen molar-refractivity contribution in [2.24, 2.45) is 0 Å². The van der Waals surface area contributed by atoms with Gasteiger partial charge in [-0.3, -0.25) is 9.59 Å². The van der Waals surface area contributed by atoms with Crippen molar-refractivity contribution in [3.63, 3.8) is 0 Å². The van der Waals surface area contributed by atoms with E-state index >= 15 is 0 Å². The van der Waals surface area contributed by atoms with Gasteiger partial charge in [0.1, 0.15) is 0 Å². The number of carbonyl (C=O) groups excluding carboxylic acids is 2. The van der Waals surface area contributed by atoms with Crippen LogP contribution < -0.4 is 15.5 Å². The number of nitrogens with one attached hydrogen (secondary N) is 2. The highest BCUT2D eigenvalue weighted by Crippen LogP contribution is 2.30. The molecule has 0 aromatic heterocycles. The van der Waals surface area contributed by atoms with Crippen LogP contribution >= 0.6 is 0 Å². The Kier molecular flexibility index (Phi) is 7.81. The second-order valence-corrected chi connectivity index (χ2v) is 9.42. The lowest BCUT2D eigenvalue weighted by molar-refractivity contribution is -0.115. The van der Waals surface area contributed by atoms with E-state index in [4.69, 9.17) is 0 Å². The molecule has 2 heterocycles. The number of hydrogen-bond donors (Lipinski definition) is 2. The maximum Gasteiger partial charge on any atom is 0.251 e. The van der Waals surface area contributed by atoms with Gasteiger partial charge in [0.25, 0.3) is 5.91 Å². The van der Waals surface area contributed by atoms with Crippen LogP contribution in [0.1, 0.15) is 68.3 Å². The highest BCUT2D eigenvalue weighted by atomic mass is 16.2. The van der Waals surface area contributed by atoms with Crippen LogP contribution in [0.3, 0.4) is 0 Å². The number of nitrogens with zero attached hydrogens (tertiary/aromatic N) is 1. The summed E-state index contributed by atoms with van der Waals surface area (Å²) in [5.74, 6) is 0.0551. The Labute approximate surface area is 198 Å². The molecule has 5 heteroatoms. The summed E-state index contributed by atoms with van der Waals surface area (Å²) in [7, 11) is 0. The van der Waals surface area contributed by atoms with Gasteiger partial charge in [0, 0.05) is 42.4 Å². The van der Waals surface area contributed by atoms with E-state index in [9.17, 15) is 9.59 Å². The molecular weight excluding hydrogens is 410 g/mol. The van der Waals surface area contributed by atoms with Crippen molar-refractivity contribution in [1.29, 1.82) is 0 Å². The van der Waals surface area contributed by atoms with Crippen LogP contribution in [-0.4, -0.2) is 43.9 Å². The van der Waals surface area contributed by atoms with Crippen molar-refractivity contribution in [3.8, 4) is 0 Å². The van der Waals surface area contributed by atoms with Crippen LogP contribution in [0.4, 0.5) is 5.69 Å². The summed E-state index contributed by atoms with van der Waals surface area (Å²) in [6, 6.07) is 6.59. The Balaban J connectivity index is 1.68. The van der Waals surface area contributed by atoms with E-state index in [1.807, 2.05) is 19.1 Å². The van der Waals surface area contributed by atoms with Crippen molar-refractivity contribution in [1.82, 2.24) is 10.6 Å². The van der Waals surface area contributed by atoms with E-state index in [0.717, 1.165) is 86.0 Å². The van der Waals surface area contributed by atoms with E-state index in [0.29, 0.717) is 19.0 Å². The molecule has 0 saturated carbocycles. The Hall–Kier alpha value is -2.66. The molecule has 1 aromatic rings. The lowest BCUT2D eigenvalue weighted by atomic mass is 9.89. The average molecular weight is 448 g/mol. The Bertz CT molecular complexity index is 983. The van der Waals surface area contributed by atoms with Gasteiger partial charge in [-0.05, 0) is 88.7 Å². The van der Waals surface area contributed by atoms with Crippen molar-refractivity contribution in [2.75, 3.05) is 31.1 Å². The minimum Gasteiger partial charge on any atom is -0.368 e. The van der Waals surface area contributed by atoms with Crippen LogP contribution in [0, 0.1) is 0 Å². The predicted octanol–water partition coefficient (Wildman–Crippen LogP) is 4.49. The molecular formula is C28H37N3O2. The number of hydrogen-bond acceptors (Lipinski definition) is 4. The number of rotatable bonds is 3. The quantitative estimate of drug-likeness (QED) is 0.670. The summed E-state index contributed by atoms with van der Waals surface area (Å²) in [5.41, 5.74) is 5.96. The molecule has 1 amide bonds. The summed E-state index contributed by atoms with van der Waals surface area (Å²) >= 11 is 0. The third-order valence-electron chi connectivity index (χ3n) is 7.11. The zero-order chi connectivity index (χ0) is 23.2. The molecule has 1 aliphatic carbocycles. The van der Waals surface area contributed by atoms with E-state index in [1.54, 1.807) is 0 Å². The van der Waals surface area contributed by atoms with Crippen LogP contribution in [-0.2, 0) is 11.2 Å². The normalized spacial score (nSPS) is 21.6. The molecule has 0 spiro atoms. The molecule has 5 nitrogen and oxygen atoms in total. The fourth-order valence-electron chi connectivity index (χ4n) is 5.42. The maximum absolute atomic E-state index is 13.4. The zero-order valence-electron chi connectivity index (χ0n) is 20.1. The molecule has 0 unspecified atom stereocenters. The second kappa shape index (κ2) is 11.0. The lowest BCUT2D eigenvalue weighted by Gasteiger charge is -2.37. The molecule has 1 aromatic carbocycles. The van der Waals surface area contributed by atoms with Gasteiger partial charge >= 0.3 is 0 Å².